The second-order valence-corrected chi connectivity index (χ2v) is 9.01. The van der Waals surface area contributed by atoms with Gasteiger partial charge in [-0.05, 0) is 48.5 Å². The highest BCUT2D eigenvalue weighted by Crippen LogP contribution is 2.31. The summed E-state index contributed by atoms with van der Waals surface area (Å²) in [4.78, 5) is 18.1. The van der Waals surface area contributed by atoms with Crippen molar-refractivity contribution in [3.8, 4) is 11.3 Å². The van der Waals surface area contributed by atoms with Crippen LogP contribution in [0.25, 0.3) is 16.2 Å². The van der Waals surface area contributed by atoms with E-state index in [0.29, 0.717) is 27.6 Å². The number of hydrogen-bond acceptors (Lipinski definition) is 5. The first-order valence-corrected chi connectivity index (χ1v) is 10.9. The van der Waals surface area contributed by atoms with E-state index in [1.807, 2.05) is 5.38 Å². The smallest absolute Gasteiger partial charge is 0.256 e. The van der Waals surface area contributed by atoms with E-state index in [9.17, 15) is 17.6 Å². The van der Waals surface area contributed by atoms with Gasteiger partial charge in [0.25, 0.3) is 5.91 Å². The van der Waals surface area contributed by atoms with Gasteiger partial charge in [0.1, 0.15) is 17.3 Å². The summed E-state index contributed by atoms with van der Waals surface area (Å²) < 4.78 is 38.2. The molecule has 0 saturated carbocycles. The molecule has 0 saturated heterocycles. The fourth-order valence-electron chi connectivity index (χ4n) is 2.75. The molecular formula is C19H14FN3O3S2. The standard InChI is InChI=1S/C19H14FN3O3S2/c1-28(25,26)15-8-4-13(5-9-15)18(24)22-17-16(12-2-6-14(20)7-3-12)21-19-23(17)10-11-27-19/h2-11H,1H3,(H,22,24). The summed E-state index contributed by atoms with van der Waals surface area (Å²) >= 11 is 1.41. The Kier molecular flexibility index (Phi) is 4.48. The summed E-state index contributed by atoms with van der Waals surface area (Å²) in [7, 11) is -3.34. The quantitative estimate of drug-likeness (QED) is 0.549. The number of carbonyl (C=O) groups is 1. The van der Waals surface area contributed by atoms with Gasteiger partial charge in [0.2, 0.25) is 0 Å². The van der Waals surface area contributed by atoms with E-state index >= 15 is 0 Å². The zero-order chi connectivity index (χ0) is 19.9. The predicted molar refractivity (Wildman–Crippen MR) is 106 cm³/mol. The minimum atomic E-state index is -3.34. The number of carbonyl (C=O) groups excluding carboxylic acids is 1. The summed E-state index contributed by atoms with van der Waals surface area (Å²) in [6.07, 6.45) is 2.89. The number of rotatable bonds is 4. The highest BCUT2D eigenvalue weighted by atomic mass is 32.2. The lowest BCUT2D eigenvalue weighted by atomic mass is 10.1. The Morgan fingerprint density at radius 2 is 1.79 bits per heavy atom. The number of thiazole rings is 1. The number of benzene rings is 2. The molecule has 1 N–H and O–H groups in total. The van der Waals surface area contributed by atoms with Crippen LogP contribution in [0.3, 0.4) is 0 Å². The van der Waals surface area contributed by atoms with Gasteiger partial charge in [-0.3, -0.25) is 9.20 Å². The molecule has 0 bridgehead atoms. The van der Waals surface area contributed by atoms with Gasteiger partial charge in [0, 0.05) is 29.0 Å². The molecule has 0 unspecified atom stereocenters. The molecule has 2 aromatic heterocycles. The predicted octanol–water partition coefficient (Wildman–Crippen LogP) is 3.86. The molecule has 28 heavy (non-hydrogen) atoms. The summed E-state index contributed by atoms with van der Waals surface area (Å²) in [5, 5.41) is 4.67. The fourth-order valence-corrected chi connectivity index (χ4v) is 4.09. The number of amides is 1. The van der Waals surface area contributed by atoms with Gasteiger partial charge >= 0.3 is 0 Å². The maximum atomic E-state index is 13.3. The lowest BCUT2D eigenvalue weighted by Gasteiger charge is -2.08. The largest absolute Gasteiger partial charge is 0.306 e. The van der Waals surface area contributed by atoms with E-state index in [0.717, 1.165) is 6.26 Å². The van der Waals surface area contributed by atoms with E-state index in [1.54, 1.807) is 22.7 Å². The number of nitrogens with one attached hydrogen (secondary N) is 1. The van der Waals surface area contributed by atoms with Crippen LogP contribution in [-0.4, -0.2) is 30.0 Å². The highest BCUT2D eigenvalue weighted by molar-refractivity contribution is 7.90. The summed E-state index contributed by atoms with van der Waals surface area (Å²) in [6, 6.07) is 11.5. The van der Waals surface area contributed by atoms with Crippen molar-refractivity contribution in [3.63, 3.8) is 0 Å². The summed E-state index contributed by atoms with van der Waals surface area (Å²) in [5.74, 6) is -0.308. The first-order valence-electron chi connectivity index (χ1n) is 8.16. The average molecular weight is 415 g/mol. The Morgan fingerprint density at radius 1 is 1.11 bits per heavy atom. The molecule has 0 aliphatic rings. The molecule has 142 valence electrons. The molecule has 9 heteroatoms. The number of aromatic nitrogens is 2. The second-order valence-electron chi connectivity index (χ2n) is 6.12. The van der Waals surface area contributed by atoms with Gasteiger partial charge in [0.05, 0.1) is 4.90 Å². The van der Waals surface area contributed by atoms with Gasteiger partial charge in [-0.2, -0.15) is 0 Å². The van der Waals surface area contributed by atoms with Crippen LogP contribution in [0, 0.1) is 5.82 Å². The minimum Gasteiger partial charge on any atom is -0.306 e. The first-order chi connectivity index (χ1) is 13.3. The van der Waals surface area contributed by atoms with E-state index in [2.05, 4.69) is 10.3 Å². The Hall–Kier alpha value is -3.04. The fraction of sp³-hybridized carbons (Fsp3) is 0.0526. The van der Waals surface area contributed by atoms with E-state index in [4.69, 9.17) is 0 Å². The van der Waals surface area contributed by atoms with Crippen molar-refractivity contribution in [2.24, 2.45) is 0 Å². The Balaban J connectivity index is 1.71. The molecule has 4 rings (SSSR count). The van der Waals surface area contributed by atoms with Crippen molar-refractivity contribution >= 4 is 37.9 Å². The van der Waals surface area contributed by atoms with Crippen LogP contribution < -0.4 is 5.32 Å². The lowest BCUT2D eigenvalue weighted by molar-refractivity contribution is 0.102. The second kappa shape index (κ2) is 6.84. The number of anilines is 1. The van der Waals surface area contributed by atoms with Crippen molar-refractivity contribution in [3.05, 3.63) is 71.5 Å². The third kappa shape index (κ3) is 3.41. The zero-order valence-corrected chi connectivity index (χ0v) is 16.2. The monoisotopic (exact) mass is 415 g/mol. The molecule has 0 radical (unpaired) electrons. The third-order valence-corrected chi connectivity index (χ3v) is 6.04. The van der Waals surface area contributed by atoms with Crippen LogP contribution >= 0.6 is 11.3 Å². The summed E-state index contributed by atoms with van der Waals surface area (Å²) in [6.45, 7) is 0. The molecule has 0 aliphatic carbocycles. The molecule has 4 aromatic rings. The van der Waals surface area contributed by atoms with Crippen LogP contribution in [0.1, 0.15) is 10.4 Å². The van der Waals surface area contributed by atoms with Gasteiger partial charge in [-0.15, -0.1) is 11.3 Å². The van der Waals surface area contributed by atoms with Gasteiger partial charge in [-0.1, -0.05) is 0 Å². The van der Waals surface area contributed by atoms with Crippen molar-refractivity contribution in [1.29, 1.82) is 0 Å². The van der Waals surface area contributed by atoms with Crippen LogP contribution in [0.15, 0.2) is 65.0 Å². The molecule has 0 aliphatic heterocycles. The van der Waals surface area contributed by atoms with Crippen LogP contribution in [0.5, 0.6) is 0 Å². The molecule has 0 spiro atoms. The van der Waals surface area contributed by atoms with Crippen molar-refractivity contribution in [2.45, 2.75) is 4.90 Å². The Morgan fingerprint density at radius 3 is 2.43 bits per heavy atom. The van der Waals surface area contributed by atoms with E-state index in [-0.39, 0.29) is 10.7 Å². The van der Waals surface area contributed by atoms with Gasteiger partial charge in [0.15, 0.2) is 14.8 Å². The van der Waals surface area contributed by atoms with Gasteiger partial charge < -0.3 is 5.32 Å². The number of imidazole rings is 1. The van der Waals surface area contributed by atoms with E-state index in [1.165, 1.54) is 47.7 Å². The van der Waals surface area contributed by atoms with Crippen LogP contribution in [-0.2, 0) is 9.84 Å². The number of nitrogens with zero attached hydrogens (tertiary/aromatic N) is 2. The molecular weight excluding hydrogens is 401 g/mol. The SMILES string of the molecule is CS(=O)(=O)c1ccc(C(=O)Nc2c(-c3ccc(F)cc3)nc3sccn23)cc1. The zero-order valence-electron chi connectivity index (χ0n) is 14.6. The van der Waals surface area contributed by atoms with Crippen molar-refractivity contribution < 1.29 is 17.6 Å². The molecule has 1 amide bonds. The molecule has 6 nitrogen and oxygen atoms in total. The van der Waals surface area contributed by atoms with Crippen molar-refractivity contribution in [1.82, 2.24) is 9.38 Å². The van der Waals surface area contributed by atoms with Crippen LogP contribution in [0.4, 0.5) is 10.2 Å². The molecule has 0 fully saturated rings. The summed E-state index contributed by atoms with van der Waals surface area (Å²) in [5.41, 5.74) is 1.50. The third-order valence-electron chi connectivity index (χ3n) is 4.16. The maximum Gasteiger partial charge on any atom is 0.256 e. The van der Waals surface area contributed by atoms with Crippen molar-refractivity contribution in [2.75, 3.05) is 11.6 Å². The Labute approximate surface area is 164 Å². The van der Waals surface area contributed by atoms with E-state index < -0.39 is 15.7 Å². The average Bonchev–Trinajstić information content (AvgIpc) is 3.24. The number of halogens is 1. The number of sulfone groups is 1. The van der Waals surface area contributed by atoms with Gasteiger partial charge in [-0.25, -0.2) is 17.8 Å². The lowest BCUT2D eigenvalue weighted by Crippen LogP contribution is -2.14. The topological polar surface area (TPSA) is 80.5 Å². The Bertz CT molecular complexity index is 1270. The molecule has 2 heterocycles. The minimum absolute atomic E-state index is 0.139. The molecule has 0 atom stereocenters. The number of fused-ring (bicyclic) bond motifs is 1. The molecule has 2 aromatic carbocycles. The van der Waals surface area contributed by atoms with Crippen LogP contribution in [0.2, 0.25) is 0 Å². The maximum absolute atomic E-state index is 13.3. The number of hydrogen-bond donors (Lipinski definition) is 1. The normalized spacial score (nSPS) is 11.6. The first kappa shape index (κ1) is 18.3. The highest BCUT2D eigenvalue weighted by Gasteiger charge is 2.18.